The molecule has 2 aliphatic heterocycles. The number of alkyl halides is 3. The van der Waals surface area contributed by atoms with Gasteiger partial charge in [-0.3, -0.25) is 9.69 Å². The molecule has 0 aromatic carbocycles. The van der Waals surface area contributed by atoms with Crippen LogP contribution >= 0.6 is 11.3 Å². The zero-order valence-electron chi connectivity index (χ0n) is 18.2. The summed E-state index contributed by atoms with van der Waals surface area (Å²) in [6, 6.07) is 7.41. The molecule has 0 radical (unpaired) electrons. The van der Waals surface area contributed by atoms with Crippen LogP contribution in [-0.2, 0) is 9.53 Å². The average molecular weight is 485 g/mol. The van der Waals surface area contributed by atoms with Crippen molar-refractivity contribution in [1.29, 1.82) is 0 Å². The number of carbonyl (C=O) groups is 1. The standard InChI is InChI=1S/C22H27F3N4O3S/c23-22(24,25)16-31-11-3-6-27-7-9-28(10-8-27)15-21(30)29-18(19-4-1-12-32-19)14-17(26-29)20-5-2-13-33-20/h1-2,4-5,12-13,18H,3,6-11,14-16H2. The zero-order valence-corrected chi connectivity index (χ0v) is 19.0. The topological polar surface area (TPSA) is 61.5 Å². The number of rotatable bonds is 9. The van der Waals surface area contributed by atoms with Crippen LogP contribution in [0.2, 0.25) is 0 Å². The Morgan fingerprint density at radius 3 is 2.64 bits per heavy atom. The SMILES string of the molecule is O=C(CN1CCN(CCCOCC(F)(F)F)CC1)N1N=C(c2cccs2)CC1c1ccco1. The first-order valence-corrected chi connectivity index (χ1v) is 11.8. The van der Waals surface area contributed by atoms with Crippen molar-refractivity contribution in [2.45, 2.75) is 25.1 Å². The molecule has 4 rings (SSSR count). The van der Waals surface area contributed by atoms with Gasteiger partial charge in [0.25, 0.3) is 5.91 Å². The van der Waals surface area contributed by atoms with Gasteiger partial charge in [-0.2, -0.15) is 18.3 Å². The van der Waals surface area contributed by atoms with Crippen LogP contribution in [0.1, 0.15) is 29.5 Å². The van der Waals surface area contributed by atoms with Crippen LogP contribution in [0, 0.1) is 0 Å². The fraction of sp³-hybridized carbons (Fsp3) is 0.545. The molecular formula is C22H27F3N4O3S. The van der Waals surface area contributed by atoms with E-state index in [2.05, 4.69) is 19.6 Å². The largest absolute Gasteiger partial charge is 0.467 e. The Kier molecular flexibility index (Phi) is 7.84. The van der Waals surface area contributed by atoms with E-state index in [1.165, 1.54) is 0 Å². The van der Waals surface area contributed by atoms with Crippen molar-refractivity contribution in [1.82, 2.24) is 14.8 Å². The minimum absolute atomic E-state index is 0.0723. The van der Waals surface area contributed by atoms with Gasteiger partial charge in [0, 0.05) is 45.8 Å². The second-order valence-electron chi connectivity index (χ2n) is 8.14. The highest BCUT2D eigenvalue weighted by molar-refractivity contribution is 7.12. The van der Waals surface area contributed by atoms with Crippen molar-refractivity contribution in [3.8, 4) is 0 Å². The molecule has 1 unspecified atom stereocenters. The smallest absolute Gasteiger partial charge is 0.411 e. The highest BCUT2D eigenvalue weighted by Crippen LogP contribution is 2.34. The van der Waals surface area contributed by atoms with Crippen molar-refractivity contribution in [3.63, 3.8) is 0 Å². The molecule has 0 saturated carbocycles. The predicted octanol–water partition coefficient (Wildman–Crippen LogP) is 3.61. The molecule has 1 amide bonds. The summed E-state index contributed by atoms with van der Waals surface area (Å²) in [5.41, 5.74) is 0.886. The number of halogens is 3. The van der Waals surface area contributed by atoms with Crippen molar-refractivity contribution >= 4 is 23.0 Å². The first kappa shape index (κ1) is 23.9. The Bertz CT molecular complexity index is 910. The molecule has 1 atom stereocenters. The molecule has 11 heteroatoms. The van der Waals surface area contributed by atoms with E-state index in [1.54, 1.807) is 22.6 Å². The summed E-state index contributed by atoms with van der Waals surface area (Å²) >= 11 is 1.60. The molecule has 2 aromatic rings. The Hall–Kier alpha value is -2.21. The lowest BCUT2D eigenvalue weighted by Crippen LogP contribution is -2.49. The first-order chi connectivity index (χ1) is 15.9. The van der Waals surface area contributed by atoms with Crippen LogP contribution in [0.4, 0.5) is 13.2 Å². The van der Waals surface area contributed by atoms with Gasteiger partial charge in [0.2, 0.25) is 0 Å². The minimum Gasteiger partial charge on any atom is -0.467 e. The van der Waals surface area contributed by atoms with Gasteiger partial charge in [0.05, 0.1) is 23.4 Å². The molecule has 0 spiro atoms. The third kappa shape index (κ3) is 6.66. The normalized spacial score (nSPS) is 20.4. The summed E-state index contributed by atoms with van der Waals surface area (Å²) in [6.07, 6.45) is -1.51. The second-order valence-corrected chi connectivity index (χ2v) is 9.08. The summed E-state index contributed by atoms with van der Waals surface area (Å²) < 4.78 is 46.6. The maximum Gasteiger partial charge on any atom is 0.411 e. The first-order valence-electron chi connectivity index (χ1n) is 10.9. The van der Waals surface area contributed by atoms with E-state index >= 15 is 0 Å². The molecule has 4 heterocycles. The number of thiophene rings is 1. The molecule has 180 valence electrons. The fourth-order valence-corrected chi connectivity index (χ4v) is 4.77. The number of hydrogen-bond donors (Lipinski definition) is 0. The molecule has 1 fully saturated rings. The van der Waals surface area contributed by atoms with Crippen LogP contribution in [-0.4, -0.2) is 85.1 Å². The number of hydrogen-bond acceptors (Lipinski definition) is 7. The summed E-state index contributed by atoms with van der Waals surface area (Å²) in [7, 11) is 0. The summed E-state index contributed by atoms with van der Waals surface area (Å²) in [5, 5.41) is 8.19. The van der Waals surface area contributed by atoms with Gasteiger partial charge >= 0.3 is 6.18 Å². The van der Waals surface area contributed by atoms with Crippen molar-refractivity contribution in [2.75, 3.05) is 52.5 Å². The van der Waals surface area contributed by atoms with Gasteiger partial charge in [-0.25, -0.2) is 5.01 Å². The predicted molar refractivity (Wildman–Crippen MR) is 118 cm³/mol. The second kappa shape index (κ2) is 10.8. The van der Waals surface area contributed by atoms with E-state index in [4.69, 9.17) is 4.42 Å². The van der Waals surface area contributed by atoms with E-state index in [1.807, 2.05) is 29.6 Å². The van der Waals surface area contributed by atoms with E-state index in [9.17, 15) is 18.0 Å². The van der Waals surface area contributed by atoms with Crippen molar-refractivity contribution in [2.24, 2.45) is 5.10 Å². The lowest BCUT2D eigenvalue weighted by molar-refractivity contribution is -0.174. The lowest BCUT2D eigenvalue weighted by Gasteiger charge is -2.35. The summed E-state index contributed by atoms with van der Waals surface area (Å²) in [5.74, 6) is 0.646. The molecule has 1 saturated heterocycles. The molecule has 2 aliphatic rings. The molecule has 7 nitrogen and oxygen atoms in total. The Labute approximate surface area is 194 Å². The average Bonchev–Trinajstić information content (AvgIpc) is 3.54. The van der Waals surface area contributed by atoms with Crippen LogP contribution < -0.4 is 0 Å². The number of piperazine rings is 1. The van der Waals surface area contributed by atoms with E-state index < -0.39 is 12.8 Å². The van der Waals surface area contributed by atoms with Crippen molar-refractivity contribution < 1.29 is 27.1 Å². The van der Waals surface area contributed by atoms with Gasteiger partial charge in [0.1, 0.15) is 18.4 Å². The molecule has 0 bridgehead atoms. The summed E-state index contributed by atoms with van der Waals surface area (Å²) in [4.78, 5) is 18.5. The van der Waals surface area contributed by atoms with Crippen LogP contribution in [0.15, 0.2) is 45.4 Å². The van der Waals surface area contributed by atoms with Crippen LogP contribution in [0.5, 0.6) is 0 Å². The quantitative estimate of drug-likeness (QED) is 0.509. The van der Waals surface area contributed by atoms with Crippen molar-refractivity contribution in [3.05, 3.63) is 46.5 Å². The van der Waals surface area contributed by atoms with E-state index in [0.29, 0.717) is 19.4 Å². The summed E-state index contributed by atoms with van der Waals surface area (Å²) in [6.45, 7) is 2.80. The Morgan fingerprint density at radius 2 is 1.97 bits per heavy atom. The fourth-order valence-electron chi connectivity index (χ4n) is 4.05. The van der Waals surface area contributed by atoms with Crippen LogP contribution in [0.25, 0.3) is 0 Å². The van der Waals surface area contributed by atoms with Gasteiger partial charge in [0.15, 0.2) is 0 Å². The molecular weight excluding hydrogens is 457 g/mol. The third-order valence-corrected chi connectivity index (χ3v) is 6.61. The van der Waals surface area contributed by atoms with E-state index in [0.717, 1.165) is 42.5 Å². The Balaban J connectivity index is 1.25. The molecule has 33 heavy (non-hydrogen) atoms. The van der Waals surface area contributed by atoms with Crippen LogP contribution in [0.3, 0.4) is 0 Å². The zero-order chi connectivity index (χ0) is 23.3. The lowest BCUT2D eigenvalue weighted by atomic mass is 10.1. The maximum atomic E-state index is 13.2. The van der Waals surface area contributed by atoms with Gasteiger partial charge in [-0.15, -0.1) is 11.3 Å². The molecule has 0 N–H and O–H groups in total. The number of amides is 1. The monoisotopic (exact) mass is 484 g/mol. The number of hydrazone groups is 1. The number of ether oxygens (including phenoxy) is 1. The van der Waals surface area contributed by atoms with Gasteiger partial charge < -0.3 is 14.1 Å². The highest BCUT2D eigenvalue weighted by Gasteiger charge is 2.36. The number of furan rings is 1. The third-order valence-electron chi connectivity index (χ3n) is 5.70. The van der Waals surface area contributed by atoms with Gasteiger partial charge in [-0.05, 0) is 30.0 Å². The van der Waals surface area contributed by atoms with Gasteiger partial charge in [-0.1, -0.05) is 6.07 Å². The maximum absolute atomic E-state index is 13.2. The highest BCUT2D eigenvalue weighted by atomic mass is 32.1. The molecule has 2 aromatic heterocycles. The minimum atomic E-state index is -4.28. The molecule has 0 aliphatic carbocycles. The van der Waals surface area contributed by atoms with E-state index in [-0.39, 0.29) is 25.1 Å². The number of carbonyl (C=O) groups excluding carboxylic acids is 1. The Morgan fingerprint density at radius 1 is 1.18 bits per heavy atom. The number of nitrogens with zero attached hydrogens (tertiary/aromatic N) is 4.